The Balaban J connectivity index is 2.11. The number of rotatable bonds is 8. The summed E-state index contributed by atoms with van der Waals surface area (Å²) in [5.74, 6) is -0.769. The van der Waals surface area contributed by atoms with Crippen LogP contribution in [-0.2, 0) is 13.5 Å². The molecule has 3 aromatic rings. The zero-order chi connectivity index (χ0) is 24.3. The van der Waals surface area contributed by atoms with Crippen LogP contribution in [0.1, 0.15) is 42.0 Å². The third-order valence-electron chi connectivity index (χ3n) is 5.28. The summed E-state index contributed by atoms with van der Waals surface area (Å²) in [6.45, 7) is 9.15. The lowest BCUT2D eigenvalue weighted by molar-refractivity contribution is 0.102. The van der Waals surface area contributed by atoms with Gasteiger partial charge in [-0.25, -0.2) is 9.18 Å². The van der Waals surface area contributed by atoms with Crippen LogP contribution in [0.25, 0.3) is 5.69 Å². The van der Waals surface area contributed by atoms with Gasteiger partial charge in [-0.3, -0.25) is 9.36 Å². The first kappa shape index (κ1) is 23.8. The molecule has 0 radical (unpaired) electrons. The van der Waals surface area contributed by atoms with Crippen molar-refractivity contribution in [1.29, 1.82) is 0 Å². The number of anilines is 2. The van der Waals surface area contributed by atoms with Gasteiger partial charge in [-0.05, 0) is 31.5 Å². The van der Waals surface area contributed by atoms with E-state index in [0.717, 1.165) is 16.3 Å². The molecule has 3 rings (SSSR count). The van der Waals surface area contributed by atoms with E-state index in [9.17, 15) is 9.59 Å². The van der Waals surface area contributed by atoms with E-state index in [2.05, 4.69) is 17.0 Å². The molecule has 1 aromatic heterocycles. The number of nitrogens with one attached hydrogen (secondary N) is 1. The highest BCUT2D eigenvalue weighted by Crippen LogP contribution is 2.29. The molecule has 2 aromatic carbocycles. The number of carbonyl (C=O) groups is 1. The zero-order valence-corrected chi connectivity index (χ0v) is 19.2. The molecule has 0 spiro atoms. The van der Waals surface area contributed by atoms with E-state index in [-0.39, 0.29) is 23.1 Å². The summed E-state index contributed by atoms with van der Waals surface area (Å²) in [5.41, 5.74) is 6.94. The van der Waals surface area contributed by atoms with Crippen LogP contribution in [0.3, 0.4) is 0 Å². The van der Waals surface area contributed by atoms with Crippen LogP contribution in [0.4, 0.5) is 15.8 Å². The van der Waals surface area contributed by atoms with E-state index in [4.69, 9.17) is 10.5 Å². The number of amides is 1. The smallest absolute Gasteiger partial charge is 0.350 e. The number of para-hydroxylation sites is 1. The molecule has 1 amide bonds. The van der Waals surface area contributed by atoms with Gasteiger partial charge in [-0.2, -0.15) is 4.68 Å². The lowest BCUT2D eigenvalue weighted by Gasteiger charge is -2.18. The number of nitrogens with zero attached hydrogens (tertiary/aromatic N) is 3. The number of benzene rings is 2. The van der Waals surface area contributed by atoms with Crippen LogP contribution in [0.5, 0.6) is 5.75 Å². The molecule has 9 heteroatoms. The van der Waals surface area contributed by atoms with Gasteiger partial charge in [0.1, 0.15) is 23.1 Å². The topological polar surface area (TPSA) is 104 Å². The minimum absolute atomic E-state index is 0.0329. The SMILES string of the molecule is C=CCC(C)Oc1cc(-n2nc(CC)n(C)c2=O)c(F)cc1C(=O)Nc1c(C)cccc1N. The van der Waals surface area contributed by atoms with Crippen LogP contribution in [0.2, 0.25) is 0 Å². The summed E-state index contributed by atoms with van der Waals surface area (Å²) >= 11 is 0. The van der Waals surface area contributed by atoms with Gasteiger partial charge in [-0.1, -0.05) is 25.1 Å². The largest absolute Gasteiger partial charge is 0.489 e. The summed E-state index contributed by atoms with van der Waals surface area (Å²) < 4.78 is 23.5. The van der Waals surface area contributed by atoms with Gasteiger partial charge in [-0.15, -0.1) is 11.7 Å². The van der Waals surface area contributed by atoms with Gasteiger partial charge in [0, 0.05) is 26.0 Å². The normalized spacial score (nSPS) is 11.8. The Hall–Kier alpha value is -3.88. The second kappa shape index (κ2) is 9.72. The van der Waals surface area contributed by atoms with Crippen molar-refractivity contribution in [3.05, 3.63) is 76.2 Å². The second-order valence-electron chi connectivity index (χ2n) is 7.77. The van der Waals surface area contributed by atoms with Crippen molar-refractivity contribution >= 4 is 17.3 Å². The second-order valence-corrected chi connectivity index (χ2v) is 7.77. The molecule has 1 heterocycles. The number of aryl methyl sites for hydroxylation is 2. The van der Waals surface area contributed by atoms with Crippen molar-refractivity contribution in [2.45, 2.75) is 39.7 Å². The standard InChI is InChI=1S/C24H28FN5O3/c1-6-9-15(4)33-20-13-19(30-24(32)29(5)21(7-2)28-30)17(25)12-16(20)23(31)27-22-14(3)10-8-11-18(22)26/h6,8,10-13,15H,1,7,9,26H2,2-5H3,(H,27,31). The molecule has 0 aliphatic heterocycles. The maximum absolute atomic E-state index is 15.2. The Kier molecular flexibility index (Phi) is 7.01. The lowest BCUT2D eigenvalue weighted by atomic mass is 10.1. The zero-order valence-electron chi connectivity index (χ0n) is 19.2. The summed E-state index contributed by atoms with van der Waals surface area (Å²) in [6.07, 6.45) is 2.34. The van der Waals surface area contributed by atoms with Crippen LogP contribution in [0, 0.1) is 12.7 Å². The molecule has 0 saturated heterocycles. The van der Waals surface area contributed by atoms with Crippen molar-refractivity contribution in [3.63, 3.8) is 0 Å². The van der Waals surface area contributed by atoms with Crippen molar-refractivity contribution in [3.8, 4) is 11.4 Å². The summed E-state index contributed by atoms with van der Waals surface area (Å²) in [5, 5.41) is 6.96. The highest BCUT2D eigenvalue weighted by atomic mass is 19.1. The van der Waals surface area contributed by atoms with Gasteiger partial charge in [0.05, 0.1) is 23.0 Å². The van der Waals surface area contributed by atoms with Gasteiger partial charge in [0.15, 0.2) is 0 Å². The van der Waals surface area contributed by atoms with Gasteiger partial charge < -0.3 is 15.8 Å². The predicted octanol–water partition coefficient (Wildman–Crippen LogP) is 3.76. The molecule has 33 heavy (non-hydrogen) atoms. The summed E-state index contributed by atoms with van der Waals surface area (Å²) in [7, 11) is 1.57. The fourth-order valence-electron chi connectivity index (χ4n) is 3.46. The molecule has 0 saturated carbocycles. The Bertz CT molecular complexity index is 1240. The number of ether oxygens (including phenoxy) is 1. The van der Waals surface area contributed by atoms with Crippen molar-refractivity contribution < 1.29 is 13.9 Å². The van der Waals surface area contributed by atoms with Crippen LogP contribution in [-0.4, -0.2) is 26.4 Å². The molecule has 1 unspecified atom stereocenters. The predicted molar refractivity (Wildman–Crippen MR) is 127 cm³/mol. The van der Waals surface area contributed by atoms with E-state index >= 15 is 4.39 Å². The van der Waals surface area contributed by atoms with Gasteiger partial charge in [0.25, 0.3) is 5.91 Å². The average molecular weight is 454 g/mol. The molecule has 8 nitrogen and oxygen atoms in total. The van der Waals surface area contributed by atoms with Crippen LogP contribution >= 0.6 is 0 Å². The van der Waals surface area contributed by atoms with E-state index in [1.807, 2.05) is 6.92 Å². The molecule has 0 aliphatic rings. The number of hydrogen-bond donors (Lipinski definition) is 2. The molecular weight excluding hydrogens is 425 g/mol. The Labute approximate surface area is 191 Å². The van der Waals surface area contributed by atoms with Gasteiger partial charge in [0.2, 0.25) is 0 Å². The molecule has 1 atom stereocenters. The van der Waals surface area contributed by atoms with Crippen molar-refractivity contribution in [2.24, 2.45) is 7.05 Å². The first-order valence-corrected chi connectivity index (χ1v) is 10.6. The number of halogens is 1. The summed E-state index contributed by atoms with van der Waals surface area (Å²) in [6, 6.07) is 7.60. The Morgan fingerprint density at radius 2 is 2.12 bits per heavy atom. The molecule has 0 fully saturated rings. The molecule has 174 valence electrons. The molecular formula is C24H28FN5O3. The Morgan fingerprint density at radius 3 is 2.73 bits per heavy atom. The molecule has 3 N–H and O–H groups in total. The number of nitrogens with two attached hydrogens (primary N) is 1. The third kappa shape index (κ3) is 4.82. The summed E-state index contributed by atoms with van der Waals surface area (Å²) in [4.78, 5) is 25.8. The maximum atomic E-state index is 15.2. The number of aromatic nitrogens is 3. The lowest BCUT2D eigenvalue weighted by Crippen LogP contribution is -2.24. The first-order valence-electron chi connectivity index (χ1n) is 10.6. The maximum Gasteiger partial charge on any atom is 0.350 e. The van der Waals surface area contributed by atoms with Crippen LogP contribution in [0.15, 0.2) is 47.8 Å². The minimum Gasteiger partial charge on any atom is -0.489 e. The van der Waals surface area contributed by atoms with Crippen molar-refractivity contribution in [1.82, 2.24) is 14.3 Å². The highest BCUT2D eigenvalue weighted by Gasteiger charge is 2.23. The average Bonchev–Trinajstić information content (AvgIpc) is 3.05. The van der Waals surface area contributed by atoms with E-state index < -0.39 is 17.4 Å². The molecule has 0 aliphatic carbocycles. The monoisotopic (exact) mass is 453 g/mol. The van der Waals surface area contributed by atoms with E-state index in [0.29, 0.717) is 30.0 Å². The fraction of sp³-hybridized carbons (Fsp3) is 0.292. The minimum atomic E-state index is -0.788. The van der Waals surface area contributed by atoms with Crippen molar-refractivity contribution in [2.75, 3.05) is 11.1 Å². The van der Waals surface area contributed by atoms with E-state index in [1.165, 1.54) is 10.6 Å². The van der Waals surface area contributed by atoms with Crippen LogP contribution < -0.4 is 21.5 Å². The van der Waals surface area contributed by atoms with Gasteiger partial charge >= 0.3 is 5.69 Å². The fourth-order valence-corrected chi connectivity index (χ4v) is 3.46. The van der Waals surface area contributed by atoms with E-state index in [1.54, 1.807) is 45.2 Å². The molecule has 0 bridgehead atoms. The number of nitrogen functional groups attached to an aromatic ring is 1. The number of hydrogen-bond acceptors (Lipinski definition) is 5. The highest BCUT2D eigenvalue weighted by molar-refractivity contribution is 6.08. The third-order valence-corrected chi connectivity index (χ3v) is 5.28. The Morgan fingerprint density at radius 1 is 1.39 bits per heavy atom. The number of carbonyl (C=O) groups excluding carboxylic acids is 1. The first-order chi connectivity index (χ1) is 15.7. The quantitative estimate of drug-likeness (QED) is 0.399.